The third-order valence-corrected chi connectivity index (χ3v) is 8.16. The Morgan fingerprint density at radius 3 is 1.82 bits per heavy atom. The fraction of sp³-hybridized carbons (Fsp3) is 0.812. The Morgan fingerprint density at radius 2 is 1.21 bits per heavy atom. The number of anilines is 1. The molecule has 190 valence electrons. The van der Waals surface area contributed by atoms with Crippen LogP contribution in [0.25, 0.3) is 0 Å². The zero-order valence-electron chi connectivity index (χ0n) is 22.7. The molecule has 1 aliphatic rings. The lowest BCUT2D eigenvalue weighted by molar-refractivity contribution is 0.248. The maximum atomic E-state index is 3.67. The van der Waals surface area contributed by atoms with Crippen LogP contribution in [0.2, 0.25) is 0 Å². The molecule has 0 heterocycles. The second kappa shape index (κ2) is 18.4. The highest BCUT2D eigenvalue weighted by molar-refractivity contribution is 5.52. The summed E-state index contributed by atoms with van der Waals surface area (Å²) in [5, 5.41) is 3.67. The van der Waals surface area contributed by atoms with Crippen molar-refractivity contribution in [2.75, 3.05) is 11.9 Å². The van der Waals surface area contributed by atoms with Crippen molar-refractivity contribution in [3.8, 4) is 0 Å². The highest BCUT2D eigenvalue weighted by Gasteiger charge is 2.20. The highest BCUT2D eigenvalue weighted by Crippen LogP contribution is 2.34. The fourth-order valence-corrected chi connectivity index (χ4v) is 5.78. The summed E-state index contributed by atoms with van der Waals surface area (Å²) in [7, 11) is 0. The van der Waals surface area contributed by atoms with Crippen molar-refractivity contribution in [3.63, 3.8) is 0 Å². The maximum absolute atomic E-state index is 3.67. The average molecular weight is 456 g/mol. The molecular weight excluding hydrogens is 398 g/mol. The molecule has 1 aliphatic carbocycles. The van der Waals surface area contributed by atoms with Crippen molar-refractivity contribution >= 4 is 5.69 Å². The van der Waals surface area contributed by atoms with Crippen molar-refractivity contribution in [2.24, 2.45) is 11.8 Å². The quantitative estimate of drug-likeness (QED) is 0.204. The van der Waals surface area contributed by atoms with Crippen LogP contribution in [0.15, 0.2) is 18.2 Å². The Morgan fingerprint density at radius 1 is 0.667 bits per heavy atom. The molecule has 1 aromatic carbocycles. The molecule has 0 saturated heterocycles. The van der Waals surface area contributed by atoms with Gasteiger partial charge in [-0.1, -0.05) is 135 Å². The third kappa shape index (κ3) is 12.9. The molecule has 1 nitrogen and oxygen atoms in total. The van der Waals surface area contributed by atoms with E-state index in [9.17, 15) is 0 Å². The lowest BCUT2D eigenvalue weighted by atomic mass is 9.77. The number of unbranched alkanes of at least 4 members (excludes halogenated alkanes) is 11. The first-order valence-electron chi connectivity index (χ1n) is 15.1. The Labute approximate surface area is 207 Å². The molecule has 1 N–H and O–H groups in total. The van der Waals surface area contributed by atoms with E-state index in [1.165, 1.54) is 140 Å². The highest BCUT2D eigenvalue weighted by atomic mass is 14.9. The SMILES string of the molecule is CCCCCCCCC[C@H]1CC[C@H](CCc2ccc(NCCCCCCCC)c(C)c2)CC1. The minimum absolute atomic E-state index is 0.973. The summed E-state index contributed by atoms with van der Waals surface area (Å²) < 4.78 is 0. The Balaban J connectivity index is 1.54. The summed E-state index contributed by atoms with van der Waals surface area (Å²) in [5.41, 5.74) is 4.32. The predicted molar refractivity (Wildman–Crippen MR) is 149 cm³/mol. The van der Waals surface area contributed by atoms with Gasteiger partial charge in [0, 0.05) is 12.2 Å². The summed E-state index contributed by atoms with van der Waals surface area (Å²) in [5.74, 6) is 2.01. The van der Waals surface area contributed by atoms with E-state index >= 15 is 0 Å². The standard InChI is InChI=1S/C32H57N/c1-4-6-8-10-12-13-15-17-29-18-20-30(21-19-29)22-23-31-24-25-32(28(3)27-31)33-26-16-14-11-9-7-5-2/h24-25,27,29-30,33H,4-23,26H2,1-3H3/t29-,30-. The Hall–Kier alpha value is -0.980. The molecule has 0 bridgehead atoms. The van der Waals surface area contributed by atoms with E-state index in [0.29, 0.717) is 0 Å². The van der Waals surface area contributed by atoms with Gasteiger partial charge in [0.15, 0.2) is 0 Å². The van der Waals surface area contributed by atoms with E-state index in [4.69, 9.17) is 0 Å². The zero-order chi connectivity index (χ0) is 23.6. The van der Waals surface area contributed by atoms with Gasteiger partial charge in [-0.25, -0.2) is 0 Å². The molecule has 1 fully saturated rings. The van der Waals surface area contributed by atoms with Crippen molar-refractivity contribution < 1.29 is 0 Å². The summed E-state index contributed by atoms with van der Waals surface area (Å²) >= 11 is 0. The lowest BCUT2D eigenvalue weighted by Crippen LogP contribution is -2.15. The van der Waals surface area contributed by atoms with Gasteiger partial charge in [-0.2, -0.15) is 0 Å². The van der Waals surface area contributed by atoms with Gasteiger partial charge in [-0.15, -0.1) is 0 Å². The number of benzene rings is 1. The van der Waals surface area contributed by atoms with E-state index in [0.717, 1.165) is 18.4 Å². The van der Waals surface area contributed by atoms with Gasteiger partial charge in [0.1, 0.15) is 0 Å². The number of hydrogen-bond acceptors (Lipinski definition) is 1. The number of hydrogen-bond donors (Lipinski definition) is 1. The van der Waals surface area contributed by atoms with Crippen LogP contribution in [0.1, 0.15) is 147 Å². The number of rotatable bonds is 19. The van der Waals surface area contributed by atoms with E-state index in [2.05, 4.69) is 44.3 Å². The van der Waals surface area contributed by atoms with Gasteiger partial charge in [0.2, 0.25) is 0 Å². The minimum Gasteiger partial charge on any atom is -0.385 e. The molecule has 0 atom stereocenters. The molecular formula is C32H57N. The van der Waals surface area contributed by atoms with Crippen LogP contribution in [-0.4, -0.2) is 6.54 Å². The van der Waals surface area contributed by atoms with Crippen molar-refractivity contribution in [2.45, 2.75) is 149 Å². The molecule has 0 amide bonds. The van der Waals surface area contributed by atoms with Crippen molar-refractivity contribution in [3.05, 3.63) is 29.3 Å². The van der Waals surface area contributed by atoms with E-state index in [-0.39, 0.29) is 0 Å². The van der Waals surface area contributed by atoms with Crippen LogP contribution in [0.4, 0.5) is 5.69 Å². The summed E-state index contributed by atoms with van der Waals surface area (Å²) in [4.78, 5) is 0. The van der Waals surface area contributed by atoms with Crippen LogP contribution in [0.5, 0.6) is 0 Å². The van der Waals surface area contributed by atoms with Crippen molar-refractivity contribution in [1.29, 1.82) is 0 Å². The van der Waals surface area contributed by atoms with Gasteiger partial charge in [-0.05, 0) is 55.2 Å². The first kappa shape index (κ1) is 28.3. The second-order valence-corrected chi connectivity index (χ2v) is 11.2. The zero-order valence-corrected chi connectivity index (χ0v) is 22.7. The number of nitrogens with one attached hydrogen (secondary N) is 1. The van der Waals surface area contributed by atoms with Gasteiger partial charge in [0.25, 0.3) is 0 Å². The van der Waals surface area contributed by atoms with Crippen LogP contribution in [0, 0.1) is 18.8 Å². The molecule has 33 heavy (non-hydrogen) atoms. The topological polar surface area (TPSA) is 12.0 Å². The molecule has 2 rings (SSSR count). The lowest BCUT2D eigenvalue weighted by Gasteiger charge is -2.28. The summed E-state index contributed by atoms with van der Waals surface area (Å²) in [6, 6.07) is 7.15. The van der Waals surface area contributed by atoms with E-state index < -0.39 is 0 Å². The van der Waals surface area contributed by atoms with Gasteiger partial charge in [0.05, 0.1) is 0 Å². The van der Waals surface area contributed by atoms with E-state index in [1.54, 1.807) is 5.56 Å². The summed E-state index contributed by atoms with van der Waals surface area (Å²) in [6.45, 7) is 8.00. The van der Waals surface area contributed by atoms with Gasteiger partial charge >= 0.3 is 0 Å². The largest absolute Gasteiger partial charge is 0.385 e. The molecule has 0 unspecified atom stereocenters. The normalized spacial score (nSPS) is 18.5. The van der Waals surface area contributed by atoms with Crippen LogP contribution in [0.3, 0.4) is 0 Å². The van der Waals surface area contributed by atoms with Gasteiger partial charge in [-0.3, -0.25) is 0 Å². The molecule has 0 spiro atoms. The summed E-state index contributed by atoms with van der Waals surface area (Å²) in [6.07, 6.45) is 28.5. The van der Waals surface area contributed by atoms with Crippen LogP contribution in [-0.2, 0) is 6.42 Å². The first-order chi connectivity index (χ1) is 16.2. The van der Waals surface area contributed by atoms with Crippen LogP contribution >= 0.6 is 0 Å². The van der Waals surface area contributed by atoms with Crippen molar-refractivity contribution in [1.82, 2.24) is 0 Å². The van der Waals surface area contributed by atoms with E-state index in [1.807, 2.05) is 0 Å². The molecule has 1 heteroatoms. The maximum Gasteiger partial charge on any atom is 0.0370 e. The fourth-order valence-electron chi connectivity index (χ4n) is 5.78. The average Bonchev–Trinajstić information content (AvgIpc) is 2.83. The Bertz CT molecular complexity index is 584. The predicted octanol–water partition coefficient (Wildman–Crippen LogP) is 10.6. The third-order valence-electron chi connectivity index (χ3n) is 8.16. The first-order valence-corrected chi connectivity index (χ1v) is 15.1. The molecule has 1 aromatic rings. The smallest absolute Gasteiger partial charge is 0.0370 e. The Kier molecular flexibility index (Phi) is 15.7. The second-order valence-electron chi connectivity index (χ2n) is 11.2. The molecule has 0 radical (unpaired) electrons. The monoisotopic (exact) mass is 455 g/mol. The van der Waals surface area contributed by atoms with Crippen LogP contribution < -0.4 is 5.32 Å². The number of aryl methyl sites for hydroxylation is 2. The minimum atomic E-state index is 0.973. The van der Waals surface area contributed by atoms with Gasteiger partial charge < -0.3 is 5.32 Å². The molecule has 1 saturated carbocycles. The molecule has 0 aromatic heterocycles. The molecule has 0 aliphatic heterocycles.